The molecule has 1 aromatic carbocycles. The molecule has 1 aliphatic heterocycles. The fourth-order valence-corrected chi connectivity index (χ4v) is 3.81. The van der Waals surface area contributed by atoms with E-state index in [1.807, 2.05) is 35.2 Å². The van der Waals surface area contributed by atoms with Crippen molar-refractivity contribution in [3.8, 4) is 11.3 Å². The predicted molar refractivity (Wildman–Crippen MR) is 110 cm³/mol. The van der Waals surface area contributed by atoms with Gasteiger partial charge in [0.05, 0.1) is 23.3 Å². The molecule has 3 aromatic rings. The van der Waals surface area contributed by atoms with Gasteiger partial charge in [-0.2, -0.15) is 0 Å². The van der Waals surface area contributed by atoms with E-state index >= 15 is 0 Å². The van der Waals surface area contributed by atoms with Crippen molar-refractivity contribution in [1.82, 2.24) is 15.2 Å². The fourth-order valence-electron chi connectivity index (χ4n) is 3.48. The molecule has 2 atom stereocenters. The van der Waals surface area contributed by atoms with Crippen LogP contribution in [0.3, 0.4) is 0 Å². The van der Waals surface area contributed by atoms with Gasteiger partial charge < -0.3 is 19.7 Å². The van der Waals surface area contributed by atoms with Crippen LogP contribution in [0.5, 0.6) is 0 Å². The molecule has 2 aromatic heterocycles. The zero-order chi connectivity index (χ0) is 20.4. The molecule has 1 aliphatic rings. The summed E-state index contributed by atoms with van der Waals surface area (Å²) in [6.07, 6.45) is 1.72. The van der Waals surface area contributed by atoms with E-state index in [0.29, 0.717) is 23.2 Å². The molecule has 0 aliphatic carbocycles. The third kappa shape index (κ3) is 3.69. The van der Waals surface area contributed by atoms with Crippen molar-refractivity contribution in [3.05, 3.63) is 82.4 Å². The Labute approximate surface area is 171 Å². The van der Waals surface area contributed by atoms with Gasteiger partial charge in [0.2, 0.25) is 0 Å². The highest BCUT2D eigenvalue weighted by atomic mass is 32.1. The SMILES string of the molecule is O=[N+]([O-])c1ccc(-c2ccc(C3C(c4ccccn4)NC(=S)N3CCO)o2)cc1. The minimum Gasteiger partial charge on any atom is -0.459 e. The van der Waals surface area contributed by atoms with Gasteiger partial charge in [0.15, 0.2) is 5.11 Å². The fraction of sp³-hybridized carbons (Fsp3) is 0.200. The number of nitrogens with one attached hydrogen (secondary N) is 1. The molecule has 1 fully saturated rings. The lowest BCUT2D eigenvalue weighted by Crippen LogP contribution is -2.32. The highest BCUT2D eigenvalue weighted by Crippen LogP contribution is 2.40. The Morgan fingerprint density at radius 3 is 2.66 bits per heavy atom. The van der Waals surface area contributed by atoms with Crippen molar-refractivity contribution in [2.75, 3.05) is 13.2 Å². The number of thiocarbonyl (C=S) groups is 1. The van der Waals surface area contributed by atoms with Crippen LogP contribution in [-0.4, -0.2) is 38.2 Å². The Balaban J connectivity index is 1.68. The second-order valence-electron chi connectivity index (χ2n) is 6.55. The number of rotatable bonds is 6. The minimum atomic E-state index is -0.438. The van der Waals surface area contributed by atoms with Gasteiger partial charge in [0.1, 0.15) is 17.6 Å². The molecule has 1 saturated heterocycles. The molecule has 2 N–H and O–H groups in total. The third-order valence-corrected chi connectivity index (χ3v) is 5.17. The van der Waals surface area contributed by atoms with Crippen molar-refractivity contribution < 1.29 is 14.4 Å². The number of hydrogen-bond acceptors (Lipinski definition) is 6. The van der Waals surface area contributed by atoms with E-state index < -0.39 is 4.92 Å². The lowest BCUT2D eigenvalue weighted by Gasteiger charge is -2.25. The van der Waals surface area contributed by atoms with E-state index in [0.717, 1.165) is 11.3 Å². The van der Waals surface area contributed by atoms with Gasteiger partial charge >= 0.3 is 0 Å². The van der Waals surface area contributed by atoms with Gasteiger partial charge in [0.25, 0.3) is 5.69 Å². The van der Waals surface area contributed by atoms with E-state index in [4.69, 9.17) is 16.6 Å². The van der Waals surface area contributed by atoms with Crippen LogP contribution < -0.4 is 5.32 Å². The summed E-state index contributed by atoms with van der Waals surface area (Å²) >= 11 is 5.47. The number of non-ortho nitro benzene ring substituents is 1. The molecule has 0 radical (unpaired) electrons. The number of nitro groups is 1. The summed E-state index contributed by atoms with van der Waals surface area (Å²) in [5, 5.41) is 24.1. The molecular formula is C20H18N4O4S. The minimum absolute atomic E-state index is 0.0233. The first-order valence-electron chi connectivity index (χ1n) is 9.02. The van der Waals surface area contributed by atoms with E-state index in [9.17, 15) is 15.2 Å². The lowest BCUT2D eigenvalue weighted by molar-refractivity contribution is -0.384. The summed E-state index contributed by atoms with van der Waals surface area (Å²) in [4.78, 5) is 16.7. The molecule has 2 unspecified atom stereocenters. The molecule has 3 heterocycles. The number of β-amino-alcohol motifs (C(OH)–C–C–N with tert-alkyl or cyclic N) is 1. The monoisotopic (exact) mass is 410 g/mol. The van der Waals surface area contributed by atoms with Gasteiger partial charge in [-0.1, -0.05) is 6.07 Å². The second-order valence-corrected chi connectivity index (χ2v) is 6.94. The zero-order valence-corrected chi connectivity index (χ0v) is 16.1. The normalized spacial score (nSPS) is 18.7. The Kier molecular flexibility index (Phi) is 5.24. The molecule has 9 heteroatoms. The van der Waals surface area contributed by atoms with Crippen molar-refractivity contribution >= 4 is 23.0 Å². The highest BCUT2D eigenvalue weighted by molar-refractivity contribution is 7.80. The second kappa shape index (κ2) is 7.98. The molecular weight excluding hydrogens is 392 g/mol. The van der Waals surface area contributed by atoms with Crippen molar-refractivity contribution in [1.29, 1.82) is 0 Å². The molecule has 0 spiro atoms. The Morgan fingerprint density at radius 1 is 1.21 bits per heavy atom. The van der Waals surface area contributed by atoms with Crippen molar-refractivity contribution in [2.24, 2.45) is 0 Å². The number of aromatic nitrogens is 1. The number of pyridine rings is 1. The van der Waals surface area contributed by atoms with E-state index in [-0.39, 0.29) is 24.4 Å². The Hall–Kier alpha value is -3.30. The summed E-state index contributed by atoms with van der Waals surface area (Å²) in [7, 11) is 0. The van der Waals surface area contributed by atoms with Gasteiger partial charge in [0, 0.05) is 30.4 Å². The van der Waals surface area contributed by atoms with E-state index in [1.165, 1.54) is 12.1 Å². The van der Waals surface area contributed by atoms with Crippen molar-refractivity contribution in [3.63, 3.8) is 0 Å². The largest absolute Gasteiger partial charge is 0.459 e. The topological polar surface area (TPSA) is 105 Å². The number of furan rings is 1. The molecule has 148 valence electrons. The lowest BCUT2D eigenvalue weighted by atomic mass is 10.0. The summed E-state index contributed by atoms with van der Waals surface area (Å²) in [5.41, 5.74) is 1.57. The number of aliphatic hydroxyl groups excluding tert-OH is 1. The maximum atomic E-state index is 10.9. The number of benzene rings is 1. The van der Waals surface area contributed by atoms with Gasteiger partial charge in [-0.05, 0) is 48.6 Å². The molecule has 0 amide bonds. The van der Waals surface area contributed by atoms with Crippen LogP contribution in [0, 0.1) is 10.1 Å². The van der Waals surface area contributed by atoms with Crippen LogP contribution in [0.2, 0.25) is 0 Å². The van der Waals surface area contributed by atoms with E-state index in [1.54, 1.807) is 18.3 Å². The standard InChI is InChI=1S/C20H18N4O4S/c25-12-11-23-19(18(22-20(23)29)15-3-1-2-10-21-15)17-9-8-16(28-17)13-4-6-14(7-5-13)24(26)27/h1-10,18-19,25H,11-12H2,(H,22,29). The van der Waals surface area contributed by atoms with Gasteiger partial charge in [-0.15, -0.1) is 0 Å². The predicted octanol–water partition coefficient (Wildman–Crippen LogP) is 3.21. The Bertz CT molecular complexity index is 1020. The molecule has 0 bridgehead atoms. The number of nitrogens with zero attached hydrogens (tertiary/aromatic N) is 3. The average Bonchev–Trinajstić information content (AvgIpc) is 3.34. The zero-order valence-electron chi connectivity index (χ0n) is 15.3. The first kappa shape index (κ1) is 19.0. The van der Waals surface area contributed by atoms with Crippen LogP contribution in [0.25, 0.3) is 11.3 Å². The molecule has 29 heavy (non-hydrogen) atoms. The van der Waals surface area contributed by atoms with Crippen LogP contribution in [0.4, 0.5) is 5.69 Å². The number of aliphatic hydroxyl groups is 1. The maximum Gasteiger partial charge on any atom is 0.269 e. The van der Waals surface area contributed by atoms with Crippen LogP contribution >= 0.6 is 12.2 Å². The van der Waals surface area contributed by atoms with Gasteiger partial charge in [-0.25, -0.2) is 0 Å². The summed E-state index contributed by atoms with van der Waals surface area (Å²) in [6, 6.07) is 15.0. The smallest absolute Gasteiger partial charge is 0.269 e. The molecule has 4 rings (SSSR count). The summed E-state index contributed by atoms with van der Waals surface area (Å²) < 4.78 is 6.11. The number of nitro benzene ring substituents is 1. The quantitative estimate of drug-likeness (QED) is 0.363. The van der Waals surface area contributed by atoms with E-state index in [2.05, 4.69) is 10.3 Å². The first-order valence-corrected chi connectivity index (χ1v) is 9.43. The molecule has 0 saturated carbocycles. The Morgan fingerprint density at radius 2 is 2.00 bits per heavy atom. The number of hydrogen-bond donors (Lipinski definition) is 2. The third-order valence-electron chi connectivity index (χ3n) is 4.82. The van der Waals surface area contributed by atoms with Crippen LogP contribution in [-0.2, 0) is 0 Å². The van der Waals surface area contributed by atoms with Gasteiger partial charge in [-0.3, -0.25) is 15.1 Å². The highest BCUT2D eigenvalue weighted by Gasteiger charge is 2.41. The summed E-state index contributed by atoms with van der Waals surface area (Å²) in [5.74, 6) is 1.26. The van der Waals surface area contributed by atoms with Crippen LogP contribution in [0.15, 0.2) is 65.2 Å². The summed E-state index contributed by atoms with van der Waals surface area (Å²) in [6.45, 7) is 0.302. The first-order chi connectivity index (χ1) is 14.1. The van der Waals surface area contributed by atoms with Crippen molar-refractivity contribution in [2.45, 2.75) is 12.1 Å². The molecule has 8 nitrogen and oxygen atoms in total. The average molecular weight is 410 g/mol. The maximum absolute atomic E-state index is 10.9. The van der Waals surface area contributed by atoms with Crippen LogP contribution in [0.1, 0.15) is 23.5 Å².